The number of amides is 1. The molecule has 0 bridgehead atoms. The van der Waals surface area contributed by atoms with Crippen LogP contribution in [0.5, 0.6) is 0 Å². The molecule has 1 aromatic heterocycles. The monoisotopic (exact) mass is 261 g/mol. The van der Waals surface area contributed by atoms with Gasteiger partial charge in [-0.15, -0.1) is 0 Å². The lowest BCUT2D eigenvalue weighted by Gasteiger charge is -2.32. The molecule has 1 amide bonds. The minimum Gasteiger partial charge on any atom is -0.446 e. The average molecular weight is 261 g/mol. The SMILES string of the molecule is CNC1C(=O)N(C2C=CCCC2)CCc2ncoc21. The van der Waals surface area contributed by atoms with E-state index in [9.17, 15) is 4.79 Å². The van der Waals surface area contributed by atoms with Crippen LogP contribution in [0.15, 0.2) is 23.0 Å². The van der Waals surface area contributed by atoms with Crippen LogP contribution in [-0.4, -0.2) is 35.4 Å². The van der Waals surface area contributed by atoms with E-state index in [1.165, 1.54) is 6.39 Å². The lowest BCUT2D eigenvalue weighted by Crippen LogP contribution is -2.45. The summed E-state index contributed by atoms with van der Waals surface area (Å²) in [5, 5.41) is 3.06. The van der Waals surface area contributed by atoms with E-state index in [1.807, 2.05) is 4.90 Å². The first-order valence-corrected chi connectivity index (χ1v) is 6.88. The maximum absolute atomic E-state index is 12.7. The molecule has 0 radical (unpaired) electrons. The van der Waals surface area contributed by atoms with Crippen LogP contribution in [0, 0.1) is 0 Å². The summed E-state index contributed by atoms with van der Waals surface area (Å²) in [4.78, 5) is 18.9. The van der Waals surface area contributed by atoms with Gasteiger partial charge in [0, 0.05) is 13.0 Å². The summed E-state index contributed by atoms with van der Waals surface area (Å²) in [6, 6.07) is -0.184. The first-order valence-electron chi connectivity index (χ1n) is 6.88. The molecule has 0 aromatic carbocycles. The summed E-state index contributed by atoms with van der Waals surface area (Å²) >= 11 is 0. The minimum absolute atomic E-state index is 0.0922. The molecule has 0 saturated carbocycles. The van der Waals surface area contributed by atoms with Gasteiger partial charge >= 0.3 is 0 Å². The van der Waals surface area contributed by atoms with Crippen LogP contribution < -0.4 is 5.32 Å². The number of fused-ring (bicyclic) bond motifs is 1. The Labute approximate surface area is 112 Å². The molecule has 5 nitrogen and oxygen atoms in total. The molecule has 1 aromatic rings. The standard InChI is InChI=1S/C14H19N3O2/c1-15-12-13-11(16-9-19-13)7-8-17(14(12)18)10-5-3-2-4-6-10/h3,5,9-10,12,15H,2,4,6-8H2,1H3. The van der Waals surface area contributed by atoms with Gasteiger partial charge in [0.2, 0.25) is 5.91 Å². The summed E-state index contributed by atoms with van der Waals surface area (Å²) < 4.78 is 5.41. The van der Waals surface area contributed by atoms with Gasteiger partial charge < -0.3 is 14.6 Å². The minimum atomic E-state index is -0.407. The Morgan fingerprint density at radius 2 is 2.42 bits per heavy atom. The summed E-state index contributed by atoms with van der Waals surface area (Å²) in [5.41, 5.74) is 0.898. The molecule has 102 valence electrons. The van der Waals surface area contributed by atoms with Gasteiger partial charge in [0.05, 0.1) is 11.7 Å². The molecule has 5 heteroatoms. The second-order valence-electron chi connectivity index (χ2n) is 5.09. The van der Waals surface area contributed by atoms with Gasteiger partial charge in [-0.25, -0.2) is 4.98 Å². The van der Waals surface area contributed by atoms with Gasteiger partial charge in [0.15, 0.2) is 12.2 Å². The highest BCUT2D eigenvalue weighted by Gasteiger charge is 2.35. The van der Waals surface area contributed by atoms with Crippen LogP contribution >= 0.6 is 0 Å². The van der Waals surface area contributed by atoms with E-state index in [2.05, 4.69) is 22.5 Å². The fourth-order valence-corrected chi connectivity index (χ4v) is 2.95. The largest absolute Gasteiger partial charge is 0.446 e. The zero-order chi connectivity index (χ0) is 13.2. The van der Waals surface area contributed by atoms with Gasteiger partial charge in [0.25, 0.3) is 0 Å². The van der Waals surface area contributed by atoms with Crippen LogP contribution in [0.1, 0.15) is 36.8 Å². The average Bonchev–Trinajstić information content (AvgIpc) is 2.85. The van der Waals surface area contributed by atoms with Crippen molar-refractivity contribution in [2.24, 2.45) is 0 Å². The number of allylic oxidation sites excluding steroid dienone is 1. The number of nitrogens with one attached hydrogen (secondary N) is 1. The molecule has 19 heavy (non-hydrogen) atoms. The van der Waals surface area contributed by atoms with Crippen LogP contribution in [-0.2, 0) is 11.2 Å². The van der Waals surface area contributed by atoms with E-state index in [1.54, 1.807) is 7.05 Å². The number of likely N-dealkylation sites (N-methyl/N-ethyl adjacent to an activating group) is 1. The van der Waals surface area contributed by atoms with Gasteiger partial charge in [-0.05, 0) is 26.3 Å². The fourth-order valence-electron chi connectivity index (χ4n) is 2.95. The number of aromatic nitrogens is 1. The molecule has 1 aliphatic carbocycles. The molecule has 2 unspecified atom stereocenters. The van der Waals surface area contributed by atoms with Crippen molar-refractivity contribution in [1.82, 2.24) is 15.2 Å². The predicted octanol–water partition coefficient (Wildman–Crippen LogP) is 1.43. The zero-order valence-electron chi connectivity index (χ0n) is 11.1. The van der Waals surface area contributed by atoms with Crippen molar-refractivity contribution in [2.45, 2.75) is 37.8 Å². The van der Waals surface area contributed by atoms with E-state index in [0.29, 0.717) is 12.3 Å². The van der Waals surface area contributed by atoms with Gasteiger partial charge in [0.1, 0.15) is 6.04 Å². The van der Waals surface area contributed by atoms with Gasteiger partial charge in [-0.2, -0.15) is 0 Å². The number of carbonyl (C=O) groups is 1. The van der Waals surface area contributed by atoms with Crippen LogP contribution in [0.3, 0.4) is 0 Å². The third kappa shape index (κ3) is 2.18. The Bertz CT molecular complexity index is 495. The highest BCUT2D eigenvalue weighted by Crippen LogP contribution is 2.27. The van der Waals surface area contributed by atoms with Crippen LogP contribution in [0.25, 0.3) is 0 Å². The molecule has 0 saturated heterocycles. The molecule has 1 N–H and O–H groups in total. The number of hydrogen-bond acceptors (Lipinski definition) is 4. The summed E-state index contributed by atoms with van der Waals surface area (Å²) in [6.45, 7) is 0.714. The predicted molar refractivity (Wildman–Crippen MR) is 70.5 cm³/mol. The Kier molecular flexibility index (Phi) is 3.38. The van der Waals surface area contributed by atoms with Crippen molar-refractivity contribution in [3.63, 3.8) is 0 Å². The smallest absolute Gasteiger partial charge is 0.248 e. The highest BCUT2D eigenvalue weighted by molar-refractivity contribution is 5.84. The molecular weight excluding hydrogens is 242 g/mol. The lowest BCUT2D eigenvalue weighted by atomic mass is 10.0. The molecule has 1 aliphatic heterocycles. The van der Waals surface area contributed by atoms with Crippen molar-refractivity contribution in [3.05, 3.63) is 30.0 Å². The topological polar surface area (TPSA) is 58.4 Å². The van der Waals surface area contributed by atoms with E-state index >= 15 is 0 Å². The molecular formula is C14H19N3O2. The summed E-state index contributed by atoms with van der Waals surface area (Å²) in [7, 11) is 1.79. The molecule has 2 atom stereocenters. The molecule has 2 aliphatic rings. The van der Waals surface area contributed by atoms with E-state index in [4.69, 9.17) is 4.42 Å². The van der Waals surface area contributed by atoms with Crippen molar-refractivity contribution < 1.29 is 9.21 Å². The number of nitrogens with zero attached hydrogens (tertiary/aromatic N) is 2. The third-order valence-corrected chi connectivity index (χ3v) is 3.97. The van der Waals surface area contributed by atoms with Gasteiger partial charge in [-0.3, -0.25) is 4.79 Å². The molecule has 3 rings (SSSR count). The molecule has 2 heterocycles. The number of oxazole rings is 1. The second kappa shape index (κ2) is 5.17. The number of hydrogen-bond donors (Lipinski definition) is 1. The van der Waals surface area contributed by atoms with Crippen molar-refractivity contribution in [1.29, 1.82) is 0 Å². The normalized spacial score (nSPS) is 27.2. The Hall–Kier alpha value is -1.62. The highest BCUT2D eigenvalue weighted by atomic mass is 16.3. The van der Waals surface area contributed by atoms with Gasteiger partial charge in [-0.1, -0.05) is 12.2 Å². The second-order valence-corrected chi connectivity index (χ2v) is 5.09. The number of carbonyl (C=O) groups excluding carboxylic acids is 1. The van der Waals surface area contributed by atoms with Crippen molar-refractivity contribution in [3.8, 4) is 0 Å². The quantitative estimate of drug-likeness (QED) is 0.818. The van der Waals surface area contributed by atoms with E-state index < -0.39 is 6.04 Å². The first kappa shape index (κ1) is 12.4. The van der Waals surface area contributed by atoms with Crippen molar-refractivity contribution in [2.75, 3.05) is 13.6 Å². The summed E-state index contributed by atoms with van der Waals surface area (Å²) in [6.07, 6.45) is 9.85. The van der Waals surface area contributed by atoms with Crippen LogP contribution in [0.2, 0.25) is 0 Å². The Balaban J connectivity index is 1.89. The fraction of sp³-hybridized carbons (Fsp3) is 0.571. The van der Waals surface area contributed by atoms with Crippen molar-refractivity contribution >= 4 is 5.91 Å². The third-order valence-electron chi connectivity index (χ3n) is 3.97. The maximum atomic E-state index is 12.7. The number of rotatable bonds is 2. The molecule has 0 spiro atoms. The lowest BCUT2D eigenvalue weighted by molar-refractivity contribution is -0.135. The Morgan fingerprint density at radius 3 is 3.16 bits per heavy atom. The van der Waals surface area contributed by atoms with Crippen LogP contribution in [0.4, 0.5) is 0 Å². The zero-order valence-corrected chi connectivity index (χ0v) is 11.1. The molecule has 0 fully saturated rings. The van der Waals surface area contributed by atoms with E-state index in [-0.39, 0.29) is 11.9 Å². The first-order chi connectivity index (χ1) is 9.31. The maximum Gasteiger partial charge on any atom is 0.248 e. The van der Waals surface area contributed by atoms with E-state index in [0.717, 1.165) is 31.4 Å². The Morgan fingerprint density at radius 1 is 1.53 bits per heavy atom. The summed E-state index contributed by atoms with van der Waals surface area (Å²) in [5.74, 6) is 0.768.